The van der Waals surface area contributed by atoms with Crippen molar-refractivity contribution in [1.82, 2.24) is 10.6 Å². The van der Waals surface area contributed by atoms with E-state index in [1.54, 1.807) is 0 Å². The zero-order chi connectivity index (χ0) is 27.9. The van der Waals surface area contributed by atoms with Gasteiger partial charge >= 0.3 is 12.1 Å². The number of hydrogen-bond donors (Lipinski definition) is 4. The number of amides is 2. The van der Waals surface area contributed by atoms with Crippen LogP contribution in [0.4, 0.5) is 4.79 Å². The lowest BCUT2D eigenvalue weighted by Gasteiger charge is -2.19. The Kier molecular flexibility index (Phi) is 12.7. The Bertz CT molecular complexity index is 1030. The topological polar surface area (TPSA) is 153 Å². The first kappa shape index (κ1) is 30.0. The summed E-state index contributed by atoms with van der Waals surface area (Å²) >= 11 is 0. The van der Waals surface area contributed by atoms with Crippen molar-refractivity contribution in [3.05, 3.63) is 59.7 Å². The summed E-state index contributed by atoms with van der Waals surface area (Å²) in [5, 5.41) is 22.8. The monoisotopic (exact) mass is 544 g/mol. The van der Waals surface area contributed by atoms with E-state index in [2.05, 4.69) is 10.6 Å². The highest BCUT2D eigenvalue weighted by Gasteiger charge is 2.30. The van der Waals surface area contributed by atoms with Crippen LogP contribution in [0.3, 0.4) is 0 Å². The molecule has 0 fully saturated rings. The molecule has 212 valence electrons. The van der Waals surface area contributed by atoms with Gasteiger partial charge in [0.1, 0.15) is 12.6 Å². The third-order valence-electron chi connectivity index (χ3n) is 6.12. The molecule has 0 spiro atoms. The number of ether oxygens (including phenoxy) is 4. The molecule has 2 amide bonds. The summed E-state index contributed by atoms with van der Waals surface area (Å²) in [7, 11) is 0. The molecule has 0 saturated carbocycles. The third-order valence-corrected chi connectivity index (χ3v) is 6.12. The van der Waals surface area contributed by atoms with Crippen molar-refractivity contribution in [1.29, 1.82) is 0 Å². The molecule has 4 N–H and O–H groups in total. The first-order valence-electron chi connectivity index (χ1n) is 13.0. The van der Waals surface area contributed by atoms with E-state index >= 15 is 0 Å². The van der Waals surface area contributed by atoms with Gasteiger partial charge in [-0.15, -0.1) is 0 Å². The first-order chi connectivity index (χ1) is 19.0. The fraction of sp³-hybridized carbons (Fsp3) is 0.464. The Morgan fingerprint density at radius 1 is 0.821 bits per heavy atom. The Labute approximate surface area is 227 Å². The molecule has 0 radical (unpaired) electrons. The van der Waals surface area contributed by atoms with Crippen LogP contribution in [-0.2, 0) is 28.5 Å². The van der Waals surface area contributed by atoms with Crippen LogP contribution in [0.25, 0.3) is 11.1 Å². The predicted molar refractivity (Wildman–Crippen MR) is 141 cm³/mol. The van der Waals surface area contributed by atoms with Crippen molar-refractivity contribution in [2.24, 2.45) is 0 Å². The SMILES string of the molecule is O=C(O)CC[C@H](NC(=O)OCC1c2ccccc2-c2ccccc21)C(=O)NCCOCCOCCOCCO. The maximum atomic E-state index is 12.7. The Balaban J connectivity index is 1.42. The van der Waals surface area contributed by atoms with Crippen LogP contribution in [0.1, 0.15) is 29.9 Å². The Morgan fingerprint density at radius 2 is 1.38 bits per heavy atom. The summed E-state index contributed by atoms with van der Waals surface area (Å²) in [6.07, 6.45) is -1.17. The van der Waals surface area contributed by atoms with Crippen LogP contribution in [-0.4, -0.2) is 93.6 Å². The zero-order valence-corrected chi connectivity index (χ0v) is 21.8. The van der Waals surface area contributed by atoms with Crippen molar-refractivity contribution >= 4 is 18.0 Å². The van der Waals surface area contributed by atoms with Crippen LogP contribution < -0.4 is 10.6 Å². The van der Waals surface area contributed by atoms with Gasteiger partial charge in [0.05, 0.1) is 46.2 Å². The lowest BCUT2D eigenvalue weighted by molar-refractivity contribution is -0.137. The van der Waals surface area contributed by atoms with Crippen LogP contribution in [0, 0.1) is 0 Å². The van der Waals surface area contributed by atoms with Gasteiger partial charge in [0.25, 0.3) is 0 Å². The Hall–Kier alpha value is -3.51. The maximum Gasteiger partial charge on any atom is 0.407 e. The van der Waals surface area contributed by atoms with Gasteiger partial charge in [0, 0.05) is 18.9 Å². The quantitative estimate of drug-likeness (QED) is 0.206. The summed E-state index contributed by atoms with van der Waals surface area (Å²) < 4.78 is 21.3. The van der Waals surface area contributed by atoms with E-state index in [1.165, 1.54) is 0 Å². The van der Waals surface area contributed by atoms with E-state index in [9.17, 15) is 14.4 Å². The molecule has 0 aromatic heterocycles. The van der Waals surface area contributed by atoms with Gasteiger partial charge in [0.2, 0.25) is 5.91 Å². The van der Waals surface area contributed by atoms with Gasteiger partial charge in [0.15, 0.2) is 0 Å². The molecule has 1 aliphatic carbocycles. The zero-order valence-electron chi connectivity index (χ0n) is 21.8. The Morgan fingerprint density at radius 3 is 1.97 bits per heavy atom. The van der Waals surface area contributed by atoms with Gasteiger partial charge in [-0.2, -0.15) is 0 Å². The van der Waals surface area contributed by atoms with Crippen molar-refractivity contribution in [3.8, 4) is 11.1 Å². The molecule has 1 aliphatic rings. The molecule has 0 heterocycles. The van der Waals surface area contributed by atoms with E-state index < -0.39 is 24.0 Å². The lowest BCUT2D eigenvalue weighted by Crippen LogP contribution is -2.48. The molecule has 2 aromatic rings. The summed E-state index contributed by atoms with van der Waals surface area (Å²) in [4.78, 5) is 36.4. The van der Waals surface area contributed by atoms with Gasteiger partial charge in [-0.25, -0.2) is 4.79 Å². The standard InChI is InChI=1S/C28H36N2O9/c31-12-14-37-16-18-38-17-15-36-13-11-29-27(34)25(9-10-26(32)33)30-28(35)39-19-24-22-7-3-1-5-20(22)21-6-2-4-8-23(21)24/h1-8,24-25,31H,9-19H2,(H,29,34)(H,30,35)(H,32,33)/t25-/m0/s1. The van der Waals surface area contributed by atoms with Gasteiger partial charge in [-0.1, -0.05) is 48.5 Å². The summed E-state index contributed by atoms with van der Waals surface area (Å²) in [5.41, 5.74) is 4.32. The number of alkyl carbamates (subject to hydrolysis) is 1. The fourth-order valence-corrected chi connectivity index (χ4v) is 4.29. The van der Waals surface area contributed by atoms with E-state index in [1.807, 2.05) is 48.5 Å². The molecule has 3 rings (SSSR count). The van der Waals surface area contributed by atoms with Crippen LogP contribution in [0.2, 0.25) is 0 Å². The number of rotatable bonds is 18. The molecule has 0 unspecified atom stereocenters. The maximum absolute atomic E-state index is 12.7. The second kappa shape index (κ2) is 16.5. The minimum absolute atomic E-state index is 0.0345. The number of aliphatic hydroxyl groups is 1. The third kappa shape index (κ3) is 9.63. The molecular weight excluding hydrogens is 508 g/mol. The minimum Gasteiger partial charge on any atom is -0.481 e. The second-order valence-electron chi connectivity index (χ2n) is 8.81. The number of hydrogen-bond acceptors (Lipinski definition) is 8. The number of nitrogens with one attached hydrogen (secondary N) is 2. The molecule has 1 atom stereocenters. The lowest BCUT2D eigenvalue weighted by atomic mass is 9.98. The molecule has 0 bridgehead atoms. The van der Waals surface area contributed by atoms with Crippen molar-refractivity contribution in [3.63, 3.8) is 0 Å². The second-order valence-corrected chi connectivity index (χ2v) is 8.81. The van der Waals surface area contributed by atoms with E-state index in [0.717, 1.165) is 22.3 Å². The van der Waals surface area contributed by atoms with Gasteiger partial charge in [-0.3, -0.25) is 9.59 Å². The largest absolute Gasteiger partial charge is 0.481 e. The number of carbonyl (C=O) groups excluding carboxylic acids is 2. The van der Waals surface area contributed by atoms with Crippen molar-refractivity contribution in [2.75, 3.05) is 59.4 Å². The number of aliphatic carboxylic acids is 1. The predicted octanol–water partition coefficient (Wildman–Crippen LogP) is 1.92. The van der Waals surface area contributed by atoms with Gasteiger partial charge < -0.3 is 39.8 Å². The first-order valence-corrected chi connectivity index (χ1v) is 13.0. The number of fused-ring (bicyclic) bond motifs is 3. The van der Waals surface area contributed by atoms with Crippen molar-refractivity contribution < 1.29 is 43.5 Å². The summed E-state index contributed by atoms with van der Waals surface area (Å²) in [6.45, 7) is 2.13. The average Bonchev–Trinajstić information content (AvgIpc) is 3.26. The van der Waals surface area contributed by atoms with Gasteiger partial charge in [-0.05, 0) is 28.7 Å². The smallest absolute Gasteiger partial charge is 0.407 e. The van der Waals surface area contributed by atoms with Crippen LogP contribution in [0.15, 0.2) is 48.5 Å². The van der Waals surface area contributed by atoms with E-state index in [0.29, 0.717) is 26.4 Å². The molecule has 11 nitrogen and oxygen atoms in total. The molecule has 0 saturated heterocycles. The van der Waals surface area contributed by atoms with E-state index in [-0.39, 0.29) is 51.7 Å². The highest BCUT2D eigenvalue weighted by atomic mass is 16.6. The molecule has 0 aliphatic heterocycles. The van der Waals surface area contributed by atoms with Crippen LogP contribution in [0.5, 0.6) is 0 Å². The van der Waals surface area contributed by atoms with Crippen molar-refractivity contribution in [2.45, 2.75) is 24.8 Å². The summed E-state index contributed by atoms with van der Waals surface area (Å²) in [6, 6.07) is 14.8. The fourth-order valence-electron chi connectivity index (χ4n) is 4.29. The molecule has 11 heteroatoms. The average molecular weight is 545 g/mol. The normalized spacial score (nSPS) is 12.8. The minimum atomic E-state index is -1.08. The number of carbonyl (C=O) groups is 3. The molecule has 2 aromatic carbocycles. The van der Waals surface area contributed by atoms with Crippen LogP contribution >= 0.6 is 0 Å². The number of carboxylic acids is 1. The highest BCUT2D eigenvalue weighted by Crippen LogP contribution is 2.44. The van der Waals surface area contributed by atoms with E-state index in [4.69, 9.17) is 29.2 Å². The molecular formula is C28H36N2O9. The summed E-state index contributed by atoms with van der Waals surface area (Å²) in [5.74, 6) is -1.73. The molecule has 39 heavy (non-hydrogen) atoms. The number of benzene rings is 2. The highest BCUT2D eigenvalue weighted by molar-refractivity contribution is 5.86. The number of aliphatic hydroxyl groups excluding tert-OH is 1. The number of carboxylic acid groups (broad SMARTS) is 1.